The fourth-order valence-corrected chi connectivity index (χ4v) is 21.8. The van der Waals surface area contributed by atoms with Crippen LogP contribution in [-0.4, -0.2) is 66.4 Å². The van der Waals surface area contributed by atoms with Crippen molar-refractivity contribution in [1.82, 2.24) is 0 Å². The molecule has 8 fully saturated rings. The molecule has 8 aliphatic rings. The van der Waals surface area contributed by atoms with Crippen LogP contribution in [0.2, 0.25) is 0 Å². The monoisotopic (exact) mass is 1420 g/mol. The summed E-state index contributed by atoms with van der Waals surface area (Å²) in [6.07, 6.45) is 15.9. The van der Waals surface area contributed by atoms with E-state index in [9.17, 15) is 51.5 Å². The number of esters is 4. The van der Waals surface area contributed by atoms with E-state index in [0.717, 1.165) is 69.3 Å². The Morgan fingerprint density at radius 1 is 0.500 bits per heavy atom. The Kier molecular flexibility index (Phi) is 24.0. The molecule has 2 unspecified atom stereocenters. The smallest absolute Gasteiger partial charge is 0.367 e. The van der Waals surface area contributed by atoms with Crippen LogP contribution in [0.15, 0.2) is 185 Å². The largest absolute Gasteiger partial charge is 0.743 e. The van der Waals surface area contributed by atoms with Gasteiger partial charge in [0.2, 0.25) is 0 Å². The fourth-order valence-electron chi connectivity index (χ4n) is 17.1. The second-order valence-corrected chi connectivity index (χ2v) is 34.9. The summed E-state index contributed by atoms with van der Waals surface area (Å²) in [6.45, 7) is 10.8. The van der Waals surface area contributed by atoms with Gasteiger partial charge < -0.3 is 23.5 Å². The first-order valence-corrected chi connectivity index (χ1v) is 38.7. The molecule has 14 rings (SSSR count). The van der Waals surface area contributed by atoms with Crippen LogP contribution in [0.5, 0.6) is 11.5 Å². The van der Waals surface area contributed by atoms with E-state index in [-0.39, 0.29) is 70.4 Å². The van der Waals surface area contributed by atoms with Crippen molar-refractivity contribution < 1.29 is 59.9 Å². The highest BCUT2D eigenvalue weighted by Crippen LogP contribution is 2.63. The lowest BCUT2D eigenvalue weighted by molar-refractivity contribution is -0.150. The highest BCUT2D eigenvalue weighted by atomic mass is 32.2. The maximum Gasteiger partial charge on any atom is 0.367 e. The molecule has 0 heterocycles. The zero-order chi connectivity index (χ0) is 71.6. The maximum absolute atomic E-state index is 13.2. The van der Waals surface area contributed by atoms with Crippen LogP contribution >= 0.6 is 0 Å². The number of rotatable bonds is 24. The minimum atomic E-state index is -6.00. The molecule has 528 valence electrons. The Balaban J connectivity index is 0.000000163. The van der Waals surface area contributed by atoms with Gasteiger partial charge in [0.05, 0.1) is 53.4 Å². The number of carbonyl (C=O) groups is 4. The van der Waals surface area contributed by atoms with Crippen molar-refractivity contribution in [1.29, 1.82) is 10.5 Å². The molecule has 100 heavy (non-hydrogen) atoms. The summed E-state index contributed by atoms with van der Waals surface area (Å²) in [5, 5.41) is 21.3. The van der Waals surface area contributed by atoms with E-state index in [1.165, 1.54) is 120 Å². The first-order chi connectivity index (χ1) is 47.6. The number of hydrogen-bond acceptors (Lipinski definition) is 15. The van der Waals surface area contributed by atoms with Crippen LogP contribution in [0, 0.1) is 96.7 Å². The summed E-state index contributed by atoms with van der Waals surface area (Å²) in [4.78, 5) is 57.1. The lowest BCUT2D eigenvalue weighted by atomic mass is 9.49. The molecule has 0 aliphatic heterocycles. The summed E-state index contributed by atoms with van der Waals surface area (Å²) < 4.78 is 78.1. The van der Waals surface area contributed by atoms with Crippen molar-refractivity contribution in [2.24, 2.45) is 56.6 Å². The summed E-state index contributed by atoms with van der Waals surface area (Å²) in [7, 11) is -6.41. The zero-order valence-electron chi connectivity index (χ0n) is 58.2. The van der Waals surface area contributed by atoms with Gasteiger partial charge in [-0.05, 0) is 255 Å². The third-order valence-corrected chi connectivity index (χ3v) is 26.0. The van der Waals surface area contributed by atoms with Gasteiger partial charge in [0.15, 0.2) is 57.2 Å². The number of halogens is 2. The van der Waals surface area contributed by atoms with Crippen LogP contribution in [0.3, 0.4) is 0 Å². The van der Waals surface area contributed by atoms with Gasteiger partial charge in [0.1, 0.15) is 11.5 Å². The quantitative estimate of drug-likeness (QED) is 0.0180. The Morgan fingerprint density at radius 3 is 1.04 bits per heavy atom. The first-order valence-electron chi connectivity index (χ1n) is 34.8. The third-order valence-electron chi connectivity index (χ3n) is 20.7. The van der Waals surface area contributed by atoms with E-state index in [1.807, 2.05) is 6.07 Å². The summed E-state index contributed by atoms with van der Waals surface area (Å²) in [6, 6.07) is 55.3. The lowest BCUT2D eigenvalue weighted by Gasteiger charge is -2.56. The van der Waals surface area contributed by atoms with Crippen molar-refractivity contribution in [3.05, 3.63) is 168 Å². The second-order valence-electron chi connectivity index (χ2n) is 29.3. The predicted molar refractivity (Wildman–Crippen MR) is 377 cm³/mol. The van der Waals surface area contributed by atoms with Gasteiger partial charge in [-0.3, -0.25) is 19.2 Å². The van der Waals surface area contributed by atoms with E-state index in [4.69, 9.17) is 14.2 Å². The number of azo groups is 1. The van der Waals surface area contributed by atoms with E-state index >= 15 is 0 Å². The van der Waals surface area contributed by atoms with Gasteiger partial charge in [-0.1, -0.05) is 72.8 Å². The van der Waals surface area contributed by atoms with Crippen molar-refractivity contribution >= 4 is 55.8 Å². The molecule has 15 nitrogen and oxygen atoms in total. The Hall–Kier alpha value is -7.75. The molecule has 0 N–H and O–H groups in total. The van der Waals surface area contributed by atoms with Crippen LogP contribution in [0.1, 0.15) is 159 Å². The van der Waals surface area contributed by atoms with Gasteiger partial charge in [-0.15, -0.1) is 0 Å². The molecule has 20 heteroatoms. The van der Waals surface area contributed by atoms with Crippen molar-refractivity contribution in [2.45, 2.75) is 210 Å². The number of aryl methyl sites for hydroxylation is 4. The van der Waals surface area contributed by atoms with Crippen LogP contribution < -0.4 is 9.47 Å². The molecular weight excluding hydrogens is 1330 g/mol. The summed E-state index contributed by atoms with van der Waals surface area (Å²) in [5.74, 6) is 4.73. The Labute approximate surface area is 593 Å². The molecule has 2 atom stereocenters. The van der Waals surface area contributed by atoms with Crippen LogP contribution in [0.25, 0.3) is 0 Å². The average Bonchev–Trinajstić information content (AvgIpc) is 0.753. The number of ether oxygens (including phenoxy) is 4. The first kappa shape index (κ1) is 74.9. The number of hydrogen-bond donors (Lipinski definition) is 0. The van der Waals surface area contributed by atoms with Gasteiger partial charge in [0.25, 0.3) is 0 Å². The molecule has 6 aromatic rings. The molecule has 0 spiro atoms. The SMILES string of the molecule is CCOC(=O)CCC(C)(C#N)N=NC(C)(C#N)CCC(=O)OCC(F)(F)S(=O)(=O)[O-].Cc1cc([S+](c2ccccc2)c2ccccc2)cc(C)c1OC(=O)CC12CC3CC(CC(C3)C1)C2.Cc1cc([S+](c2ccccc2)c2ccccc2)cc(C)c1OC(=O)CC12CC3CC(CC(C3)C1)C2. The highest BCUT2D eigenvalue weighted by Gasteiger charge is 2.53. The number of nitrogens with zero attached hydrogens (tertiary/aromatic N) is 4. The van der Waals surface area contributed by atoms with E-state index in [2.05, 4.69) is 188 Å². The lowest BCUT2D eigenvalue weighted by Crippen LogP contribution is -2.47. The van der Waals surface area contributed by atoms with Gasteiger partial charge >= 0.3 is 29.1 Å². The van der Waals surface area contributed by atoms with Gasteiger partial charge in [0, 0.05) is 37.1 Å². The van der Waals surface area contributed by atoms with E-state index in [0.29, 0.717) is 12.8 Å². The van der Waals surface area contributed by atoms with Crippen LogP contribution in [-0.2, 0) is 60.6 Å². The van der Waals surface area contributed by atoms with E-state index < -0.39 is 51.4 Å². The third kappa shape index (κ3) is 18.9. The molecular formula is C80H91F2N4O11S3+. The predicted octanol–water partition coefficient (Wildman–Crippen LogP) is 17.6. The number of alkyl halides is 2. The Bertz CT molecular complexity index is 3740. The van der Waals surface area contributed by atoms with Crippen LogP contribution in [0.4, 0.5) is 8.78 Å². The zero-order valence-corrected chi connectivity index (χ0v) is 60.7. The van der Waals surface area contributed by atoms with Crippen molar-refractivity contribution in [3.8, 4) is 23.6 Å². The second kappa shape index (κ2) is 32.1. The average molecular weight is 1420 g/mol. The summed E-state index contributed by atoms with van der Waals surface area (Å²) >= 11 is 0. The normalized spacial score (nSPS) is 23.5. The van der Waals surface area contributed by atoms with Gasteiger partial charge in [-0.25, -0.2) is 8.42 Å². The van der Waals surface area contributed by atoms with Crippen molar-refractivity contribution in [3.63, 3.8) is 0 Å². The van der Waals surface area contributed by atoms with E-state index in [1.54, 1.807) is 13.0 Å². The highest BCUT2D eigenvalue weighted by molar-refractivity contribution is 7.97. The molecule has 0 radical (unpaired) electrons. The Morgan fingerprint density at radius 2 is 0.780 bits per heavy atom. The molecule has 6 aromatic carbocycles. The topological polar surface area (TPSA) is 235 Å². The number of benzene rings is 6. The molecule has 0 saturated heterocycles. The summed E-state index contributed by atoms with van der Waals surface area (Å²) in [5.41, 5.74) is 1.49. The number of nitriles is 2. The minimum Gasteiger partial charge on any atom is -0.743 e. The minimum absolute atomic E-state index is 0.0315. The number of carbonyl (C=O) groups excluding carboxylic acids is 4. The van der Waals surface area contributed by atoms with Crippen molar-refractivity contribution in [2.75, 3.05) is 13.2 Å². The van der Waals surface area contributed by atoms with Gasteiger partial charge in [-0.2, -0.15) is 29.5 Å². The molecule has 8 saturated carbocycles. The fraction of sp³-hybridized carbons (Fsp3) is 0.475. The molecule has 8 bridgehead atoms. The molecule has 0 amide bonds. The maximum atomic E-state index is 13.2. The molecule has 0 aromatic heterocycles. The molecule has 8 aliphatic carbocycles. The standard InChI is InChI=1S/2C32H35O2S.C16H22F2N4O7S/c2*1-22-13-29(35(27-9-5-3-6-10-27)28-11-7-4-8-12-28)14-23(2)31(22)34-30(33)21-32-18-24-15-25(19-32)17-26(16-24)20-32;1-4-28-12(23)5-7-14(2,9-19)21-22-15(3,10-20)8-6-13(24)29-11-16(17,18)30(25,26)27/h2*3-14,24-26H,15-21H2,1-2H3;4-8,11H2,1-3H3,(H,25,26,27)/q2*+1;/p-1.